The molecular weight excluding hydrogens is 400 g/mol. The van der Waals surface area contributed by atoms with Crippen LogP contribution in [-0.2, 0) is 16.0 Å². The fourth-order valence-electron chi connectivity index (χ4n) is 3.43. The van der Waals surface area contributed by atoms with Crippen LogP contribution < -0.4 is 4.74 Å². The Kier molecular flexibility index (Phi) is 7.14. The van der Waals surface area contributed by atoms with Crippen molar-refractivity contribution in [1.29, 1.82) is 0 Å². The number of aromatic nitrogens is 3. The van der Waals surface area contributed by atoms with Crippen LogP contribution in [0.3, 0.4) is 0 Å². The van der Waals surface area contributed by atoms with Crippen molar-refractivity contribution in [1.82, 2.24) is 19.9 Å². The number of carboxylic acids is 1. The van der Waals surface area contributed by atoms with Crippen molar-refractivity contribution in [3.63, 3.8) is 0 Å². The molecule has 0 atom stereocenters. The first-order valence-electron chi connectivity index (χ1n) is 10.5. The summed E-state index contributed by atoms with van der Waals surface area (Å²) in [4.78, 5) is 24.7. The number of carboxylic acid groups (broad SMARTS) is 1. The summed E-state index contributed by atoms with van der Waals surface area (Å²) in [7, 11) is 0. The van der Waals surface area contributed by atoms with Crippen molar-refractivity contribution in [3.05, 3.63) is 36.2 Å². The van der Waals surface area contributed by atoms with Crippen LogP contribution in [0.15, 0.2) is 30.5 Å². The highest BCUT2D eigenvalue weighted by atomic mass is 16.6. The Bertz CT molecular complexity index is 880. The normalized spacial score (nSPS) is 15.0. The van der Waals surface area contributed by atoms with Crippen LogP contribution in [0.4, 0.5) is 4.79 Å². The molecule has 3 rings (SSSR count). The minimum atomic E-state index is -0.939. The smallest absolute Gasteiger partial charge is 0.410 e. The molecule has 0 bridgehead atoms. The van der Waals surface area contributed by atoms with E-state index in [2.05, 4.69) is 10.3 Å². The first-order valence-corrected chi connectivity index (χ1v) is 10.5. The molecule has 0 saturated carbocycles. The molecular formula is C22H30N4O5. The highest BCUT2D eigenvalue weighted by Crippen LogP contribution is 2.23. The van der Waals surface area contributed by atoms with Crippen LogP contribution in [0.5, 0.6) is 5.75 Å². The number of likely N-dealkylation sites (tertiary alicyclic amines) is 1. The number of hydrogen-bond donors (Lipinski definition) is 1. The summed E-state index contributed by atoms with van der Waals surface area (Å²) in [6.07, 6.45) is 4.06. The van der Waals surface area contributed by atoms with Gasteiger partial charge in [0, 0.05) is 13.1 Å². The minimum absolute atomic E-state index is 0.155. The van der Waals surface area contributed by atoms with Crippen LogP contribution in [0.2, 0.25) is 0 Å². The van der Waals surface area contributed by atoms with Crippen LogP contribution in [0.1, 0.15) is 45.7 Å². The van der Waals surface area contributed by atoms with Gasteiger partial charge in [0.05, 0.1) is 30.6 Å². The molecule has 0 spiro atoms. The van der Waals surface area contributed by atoms with Gasteiger partial charge < -0.3 is 19.5 Å². The third-order valence-electron chi connectivity index (χ3n) is 5.04. The summed E-state index contributed by atoms with van der Waals surface area (Å²) in [6.45, 7) is 7.69. The average molecular weight is 431 g/mol. The number of benzene rings is 1. The van der Waals surface area contributed by atoms with E-state index in [1.54, 1.807) is 15.8 Å². The number of nitrogens with zero attached hydrogens (tertiary/aromatic N) is 4. The molecule has 31 heavy (non-hydrogen) atoms. The topological polar surface area (TPSA) is 107 Å². The molecule has 0 radical (unpaired) electrons. The quantitative estimate of drug-likeness (QED) is 0.718. The van der Waals surface area contributed by atoms with E-state index in [1.165, 1.54) is 0 Å². The average Bonchev–Trinajstić information content (AvgIpc) is 3.15. The maximum atomic E-state index is 12.1. The standard InChI is InChI=1S/C22H30N4O5/c1-22(2,3)31-21(29)25-11-8-16(9-12-25)10-13-30-19-6-4-18(5-7-19)26-15-17(23-24-26)14-20(27)28/h4-7,15-16H,8-14H2,1-3H3,(H,27,28). The van der Waals surface area contributed by atoms with Gasteiger partial charge in [-0.05, 0) is 70.2 Å². The third kappa shape index (κ3) is 6.97. The van der Waals surface area contributed by atoms with Gasteiger partial charge in [-0.1, -0.05) is 5.21 Å². The second-order valence-electron chi connectivity index (χ2n) is 8.77. The number of aliphatic carboxylic acids is 1. The summed E-state index contributed by atoms with van der Waals surface area (Å²) >= 11 is 0. The van der Waals surface area contributed by atoms with Crippen molar-refractivity contribution >= 4 is 12.1 Å². The van der Waals surface area contributed by atoms with Crippen LogP contribution in [0.25, 0.3) is 5.69 Å². The van der Waals surface area contributed by atoms with Crippen molar-refractivity contribution in [2.75, 3.05) is 19.7 Å². The monoisotopic (exact) mass is 430 g/mol. The first-order chi connectivity index (χ1) is 14.7. The Hall–Kier alpha value is -3.10. The van der Waals surface area contributed by atoms with E-state index < -0.39 is 11.6 Å². The van der Waals surface area contributed by atoms with Crippen molar-refractivity contribution in [2.24, 2.45) is 5.92 Å². The third-order valence-corrected chi connectivity index (χ3v) is 5.04. The van der Waals surface area contributed by atoms with Gasteiger partial charge in [-0.3, -0.25) is 4.79 Å². The van der Waals surface area contributed by atoms with E-state index in [4.69, 9.17) is 14.6 Å². The van der Waals surface area contributed by atoms with Gasteiger partial charge in [0.1, 0.15) is 11.4 Å². The summed E-state index contributed by atoms with van der Waals surface area (Å²) in [5.41, 5.74) is 0.725. The summed E-state index contributed by atoms with van der Waals surface area (Å²) in [5.74, 6) is 0.355. The second-order valence-corrected chi connectivity index (χ2v) is 8.77. The van der Waals surface area contributed by atoms with Gasteiger partial charge in [-0.15, -0.1) is 5.10 Å². The number of hydrogen-bond acceptors (Lipinski definition) is 6. The molecule has 1 N–H and O–H groups in total. The highest BCUT2D eigenvalue weighted by molar-refractivity contribution is 5.69. The van der Waals surface area contributed by atoms with Crippen molar-refractivity contribution in [3.8, 4) is 11.4 Å². The van der Waals surface area contributed by atoms with E-state index in [1.807, 2.05) is 45.0 Å². The zero-order valence-electron chi connectivity index (χ0n) is 18.3. The molecule has 168 valence electrons. The molecule has 1 saturated heterocycles. The van der Waals surface area contributed by atoms with Crippen LogP contribution in [-0.4, -0.2) is 62.4 Å². The maximum Gasteiger partial charge on any atom is 0.410 e. The molecule has 9 heteroatoms. The Balaban J connectivity index is 1.40. The van der Waals surface area contributed by atoms with E-state index in [0.29, 0.717) is 18.2 Å². The molecule has 9 nitrogen and oxygen atoms in total. The van der Waals surface area contributed by atoms with E-state index in [0.717, 1.165) is 43.8 Å². The predicted octanol–water partition coefficient (Wildman–Crippen LogP) is 3.31. The summed E-state index contributed by atoms with van der Waals surface area (Å²) < 4.78 is 12.8. The Morgan fingerprint density at radius 3 is 2.45 bits per heavy atom. The highest BCUT2D eigenvalue weighted by Gasteiger charge is 2.26. The molecule has 1 aromatic heterocycles. The fraction of sp³-hybridized carbons (Fsp3) is 0.545. The molecule has 1 aliphatic heterocycles. The number of rotatable bonds is 7. The van der Waals surface area contributed by atoms with Crippen LogP contribution >= 0.6 is 0 Å². The zero-order valence-corrected chi connectivity index (χ0v) is 18.3. The number of piperidine rings is 1. The number of ether oxygens (including phenoxy) is 2. The first kappa shape index (κ1) is 22.6. The van der Waals surface area contributed by atoms with Gasteiger partial charge in [-0.25, -0.2) is 9.48 Å². The van der Waals surface area contributed by atoms with E-state index in [9.17, 15) is 9.59 Å². The van der Waals surface area contributed by atoms with E-state index >= 15 is 0 Å². The van der Waals surface area contributed by atoms with Gasteiger partial charge in [0.25, 0.3) is 0 Å². The fourth-order valence-corrected chi connectivity index (χ4v) is 3.43. The summed E-state index contributed by atoms with van der Waals surface area (Å²) in [5, 5.41) is 16.6. The lowest BCUT2D eigenvalue weighted by atomic mass is 9.94. The molecule has 0 aliphatic carbocycles. The van der Waals surface area contributed by atoms with Crippen molar-refractivity contribution < 1.29 is 24.2 Å². The molecule has 2 aromatic rings. The SMILES string of the molecule is CC(C)(C)OC(=O)N1CCC(CCOc2ccc(-n3cc(CC(=O)O)nn3)cc2)CC1. The lowest BCUT2D eigenvalue weighted by molar-refractivity contribution is -0.136. The Morgan fingerprint density at radius 1 is 1.16 bits per heavy atom. The van der Waals surface area contributed by atoms with Gasteiger partial charge in [0.2, 0.25) is 0 Å². The Labute approximate surface area is 181 Å². The molecule has 1 aliphatic rings. The largest absolute Gasteiger partial charge is 0.494 e. The molecule has 1 amide bonds. The van der Waals surface area contributed by atoms with Gasteiger partial charge >= 0.3 is 12.1 Å². The van der Waals surface area contributed by atoms with Crippen molar-refractivity contribution in [2.45, 2.75) is 52.1 Å². The molecule has 1 aromatic carbocycles. The van der Waals surface area contributed by atoms with E-state index in [-0.39, 0.29) is 12.5 Å². The number of carbonyl (C=O) groups is 2. The number of amides is 1. The lowest BCUT2D eigenvalue weighted by Gasteiger charge is -2.33. The lowest BCUT2D eigenvalue weighted by Crippen LogP contribution is -2.41. The van der Waals surface area contributed by atoms with Gasteiger partial charge in [0.15, 0.2) is 0 Å². The molecule has 0 unspecified atom stereocenters. The molecule has 2 heterocycles. The Morgan fingerprint density at radius 2 is 1.84 bits per heavy atom. The van der Waals surface area contributed by atoms with Gasteiger partial charge in [-0.2, -0.15) is 0 Å². The molecule has 1 fully saturated rings. The summed E-state index contributed by atoms with van der Waals surface area (Å²) in [6, 6.07) is 7.43. The zero-order chi connectivity index (χ0) is 22.4. The second kappa shape index (κ2) is 9.80. The minimum Gasteiger partial charge on any atom is -0.494 e. The predicted molar refractivity (Wildman–Crippen MR) is 113 cm³/mol. The maximum absolute atomic E-state index is 12.1. The number of carbonyl (C=O) groups excluding carboxylic acids is 1. The van der Waals surface area contributed by atoms with Crippen LogP contribution in [0, 0.1) is 5.92 Å².